The van der Waals surface area contributed by atoms with Gasteiger partial charge in [0.1, 0.15) is 0 Å². The number of ether oxygens (including phenoxy) is 1. The fourth-order valence-electron chi connectivity index (χ4n) is 1.74. The van der Waals surface area contributed by atoms with Crippen LogP contribution in [-0.4, -0.2) is 18.3 Å². The standard InChI is InChI=1S/C16H21NO2S/c1-2-3-4-5-9-19-16(18)13-20-12-15-8-6-7-14(10-15)11-17/h6-8,10H,2-5,9,12-13H2,1H3. The molecule has 0 bridgehead atoms. The number of nitrogens with zero attached hydrogens (tertiary/aromatic N) is 1. The molecule has 0 spiro atoms. The fraction of sp³-hybridized carbons (Fsp3) is 0.500. The van der Waals surface area contributed by atoms with Gasteiger partial charge in [0.05, 0.1) is 24.0 Å². The normalized spacial score (nSPS) is 10.0. The minimum absolute atomic E-state index is 0.150. The summed E-state index contributed by atoms with van der Waals surface area (Å²) in [5, 5.41) is 8.80. The Morgan fingerprint density at radius 2 is 2.20 bits per heavy atom. The smallest absolute Gasteiger partial charge is 0.315 e. The van der Waals surface area contributed by atoms with Gasteiger partial charge in [0.2, 0.25) is 0 Å². The van der Waals surface area contributed by atoms with Crippen LogP contribution in [0.4, 0.5) is 0 Å². The number of rotatable bonds is 9. The average Bonchev–Trinajstić information content (AvgIpc) is 2.47. The molecule has 0 aromatic heterocycles. The molecule has 0 aliphatic carbocycles. The van der Waals surface area contributed by atoms with Gasteiger partial charge in [-0.05, 0) is 24.1 Å². The molecule has 20 heavy (non-hydrogen) atoms. The number of unbranched alkanes of at least 4 members (excludes halogenated alkanes) is 3. The summed E-state index contributed by atoms with van der Waals surface area (Å²) >= 11 is 1.52. The van der Waals surface area contributed by atoms with E-state index in [0.717, 1.165) is 24.2 Å². The number of carbonyl (C=O) groups excluding carboxylic acids is 1. The monoisotopic (exact) mass is 291 g/mol. The van der Waals surface area contributed by atoms with Crippen LogP contribution in [0.5, 0.6) is 0 Å². The van der Waals surface area contributed by atoms with E-state index in [2.05, 4.69) is 13.0 Å². The molecule has 0 atom stereocenters. The molecule has 108 valence electrons. The van der Waals surface area contributed by atoms with Crippen LogP contribution in [0.1, 0.15) is 43.7 Å². The second-order valence-electron chi connectivity index (χ2n) is 4.59. The Morgan fingerprint density at radius 1 is 1.35 bits per heavy atom. The van der Waals surface area contributed by atoms with Gasteiger partial charge in [0.15, 0.2) is 0 Å². The van der Waals surface area contributed by atoms with E-state index in [1.807, 2.05) is 18.2 Å². The number of thioether (sulfide) groups is 1. The van der Waals surface area contributed by atoms with E-state index in [9.17, 15) is 4.79 Å². The van der Waals surface area contributed by atoms with E-state index in [-0.39, 0.29) is 5.97 Å². The molecular weight excluding hydrogens is 270 g/mol. The molecule has 0 aliphatic rings. The summed E-state index contributed by atoms with van der Waals surface area (Å²) < 4.78 is 5.16. The number of esters is 1. The van der Waals surface area contributed by atoms with Crippen molar-refractivity contribution >= 4 is 17.7 Å². The van der Waals surface area contributed by atoms with Crippen molar-refractivity contribution in [1.29, 1.82) is 5.26 Å². The fourth-order valence-corrected chi connectivity index (χ4v) is 2.51. The highest BCUT2D eigenvalue weighted by molar-refractivity contribution is 7.99. The summed E-state index contributed by atoms with van der Waals surface area (Å²) in [5.74, 6) is 0.938. The van der Waals surface area contributed by atoms with Crippen molar-refractivity contribution < 1.29 is 9.53 Å². The minimum atomic E-state index is -0.150. The lowest BCUT2D eigenvalue weighted by Crippen LogP contribution is -2.08. The van der Waals surface area contributed by atoms with Crippen LogP contribution < -0.4 is 0 Å². The van der Waals surface area contributed by atoms with Crippen LogP contribution in [0.25, 0.3) is 0 Å². The Labute approximate surface area is 125 Å². The second-order valence-corrected chi connectivity index (χ2v) is 5.57. The summed E-state index contributed by atoms with van der Waals surface area (Å²) in [4.78, 5) is 11.5. The quantitative estimate of drug-likeness (QED) is 0.511. The Hall–Kier alpha value is -1.47. The van der Waals surface area contributed by atoms with Crippen molar-refractivity contribution in [2.75, 3.05) is 12.4 Å². The van der Waals surface area contributed by atoms with Gasteiger partial charge in [-0.15, -0.1) is 11.8 Å². The zero-order valence-corrected chi connectivity index (χ0v) is 12.7. The molecule has 3 nitrogen and oxygen atoms in total. The third kappa shape index (κ3) is 7.20. The van der Waals surface area contributed by atoms with Crippen LogP contribution in [0.3, 0.4) is 0 Å². The molecule has 0 radical (unpaired) electrons. The molecule has 0 amide bonds. The summed E-state index contributed by atoms with van der Waals surface area (Å²) in [5.41, 5.74) is 1.71. The van der Waals surface area contributed by atoms with Crippen LogP contribution >= 0.6 is 11.8 Å². The number of carbonyl (C=O) groups is 1. The number of benzene rings is 1. The van der Waals surface area contributed by atoms with Gasteiger partial charge < -0.3 is 4.74 Å². The molecule has 4 heteroatoms. The first-order chi connectivity index (χ1) is 9.76. The van der Waals surface area contributed by atoms with E-state index in [4.69, 9.17) is 10.00 Å². The molecule has 0 unspecified atom stereocenters. The van der Waals surface area contributed by atoms with Gasteiger partial charge in [-0.2, -0.15) is 5.26 Å². The average molecular weight is 291 g/mol. The molecule has 0 saturated heterocycles. The van der Waals surface area contributed by atoms with E-state index in [0.29, 0.717) is 17.9 Å². The van der Waals surface area contributed by atoms with Crippen LogP contribution in [0.2, 0.25) is 0 Å². The zero-order valence-electron chi connectivity index (χ0n) is 11.9. The van der Waals surface area contributed by atoms with Crippen LogP contribution in [0, 0.1) is 11.3 Å². The number of hydrogen-bond donors (Lipinski definition) is 0. The molecule has 0 fully saturated rings. The van der Waals surface area contributed by atoms with Crippen molar-refractivity contribution in [2.45, 2.75) is 38.4 Å². The minimum Gasteiger partial charge on any atom is -0.465 e. The van der Waals surface area contributed by atoms with Gasteiger partial charge >= 0.3 is 5.97 Å². The van der Waals surface area contributed by atoms with E-state index < -0.39 is 0 Å². The second kappa shape index (κ2) is 10.3. The van der Waals surface area contributed by atoms with Gasteiger partial charge in [-0.1, -0.05) is 38.3 Å². The highest BCUT2D eigenvalue weighted by Crippen LogP contribution is 2.13. The van der Waals surface area contributed by atoms with E-state index in [1.54, 1.807) is 6.07 Å². The number of hydrogen-bond acceptors (Lipinski definition) is 4. The first-order valence-electron chi connectivity index (χ1n) is 6.98. The highest BCUT2D eigenvalue weighted by Gasteiger charge is 2.03. The Balaban J connectivity index is 2.14. The molecule has 0 aliphatic heterocycles. The molecular formula is C16H21NO2S. The Kier molecular flexibility index (Phi) is 8.57. The van der Waals surface area contributed by atoms with Crippen molar-refractivity contribution in [3.8, 4) is 6.07 Å². The molecule has 1 aromatic rings. The lowest BCUT2D eigenvalue weighted by molar-refractivity contribution is -0.140. The SMILES string of the molecule is CCCCCCOC(=O)CSCc1cccc(C#N)c1. The topological polar surface area (TPSA) is 50.1 Å². The maximum atomic E-state index is 11.5. The van der Waals surface area contributed by atoms with Crippen LogP contribution in [0.15, 0.2) is 24.3 Å². The number of nitriles is 1. The molecule has 1 aromatic carbocycles. The van der Waals surface area contributed by atoms with E-state index in [1.165, 1.54) is 24.6 Å². The first kappa shape index (κ1) is 16.6. The maximum absolute atomic E-state index is 11.5. The van der Waals surface area contributed by atoms with Crippen LogP contribution in [-0.2, 0) is 15.3 Å². The molecule has 0 saturated carbocycles. The lowest BCUT2D eigenvalue weighted by atomic mass is 10.2. The molecule has 0 N–H and O–H groups in total. The van der Waals surface area contributed by atoms with Crippen molar-refractivity contribution in [2.24, 2.45) is 0 Å². The maximum Gasteiger partial charge on any atom is 0.315 e. The lowest BCUT2D eigenvalue weighted by Gasteiger charge is -2.05. The van der Waals surface area contributed by atoms with Crippen molar-refractivity contribution in [3.05, 3.63) is 35.4 Å². The summed E-state index contributed by atoms with van der Waals surface area (Å²) in [6.45, 7) is 2.69. The highest BCUT2D eigenvalue weighted by atomic mass is 32.2. The summed E-state index contributed by atoms with van der Waals surface area (Å²) in [6, 6.07) is 9.56. The summed E-state index contributed by atoms with van der Waals surface area (Å²) in [7, 11) is 0. The molecule has 0 heterocycles. The van der Waals surface area contributed by atoms with Crippen molar-refractivity contribution in [3.63, 3.8) is 0 Å². The zero-order chi connectivity index (χ0) is 14.6. The third-order valence-corrected chi connectivity index (χ3v) is 3.78. The molecule has 1 rings (SSSR count). The summed E-state index contributed by atoms with van der Waals surface area (Å²) in [6.07, 6.45) is 4.46. The van der Waals surface area contributed by atoms with Crippen molar-refractivity contribution in [1.82, 2.24) is 0 Å². The van der Waals surface area contributed by atoms with E-state index >= 15 is 0 Å². The Bertz CT molecular complexity index is 454. The van der Waals surface area contributed by atoms with Gasteiger partial charge in [-0.3, -0.25) is 4.79 Å². The van der Waals surface area contributed by atoms with Gasteiger partial charge in [0, 0.05) is 5.75 Å². The van der Waals surface area contributed by atoms with Gasteiger partial charge in [0.25, 0.3) is 0 Å². The van der Waals surface area contributed by atoms with Gasteiger partial charge in [-0.25, -0.2) is 0 Å². The predicted octanol–water partition coefficient (Wildman–Crippen LogP) is 3.91. The largest absolute Gasteiger partial charge is 0.465 e. The third-order valence-electron chi connectivity index (χ3n) is 2.81. The Morgan fingerprint density at radius 3 is 2.95 bits per heavy atom. The first-order valence-corrected chi connectivity index (χ1v) is 8.14. The predicted molar refractivity (Wildman–Crippen MR) is 82.4 cm³/mol.